The van der Waals surface area contributed by atoms with E-state index in [9.17, 15) is 0 Å². The summed E-state index contributed by atoms with van der Waals surface area (Å²) in [5.41, 5.74) is 3.16. The molecule has 0 aromatic carbocycles. The van der Waals surface area contributed by atoms with Crippen LogP contribution >= 0.6 is 0 Å². The van der Waals surface area contributed by atoms with E-state index in [0.717, 1.165) is 30.9 Å². The van der Waals surface area contributed by atoms with Crippen molar-refractivity contribution < 1.29 is 4.74 Å². The lowest BCUT2D eigenvalue weighted by Gasteiger charge is -2.09. The van der Waals surface area contributed by atoms with Crippen molar-refractivity contribution in [2.24, 2.45) is 7.05 Å². The van der Waals surface area contributed by atoms with E-state index >= 15 is 0 Å². The van der Waals surface area contributed by atoms with Crippen LogP contribution in [0.2, 0.25) is 0 Å². The molecule has 1 N–H and O–H groups in total. The van der Waals surface area contributed by atoms with E-state index in [1.165, 1.54) is 5.56 Å². The van der Waals surface area contributed by atoms with E-state index < -0.39 is 0 Å². The third-order valence-corrected chi connectivity index (χ3v) is 3.02. The van der Waals surface area contributed by atoms with Crippen LogP contribution < -0.4 is 10.1 Å². The highest BCUT2D eigenvalue weighted by Gasteiger charge is 2.08. The van der Waals surface area contributed by atoms with Gasteiger partial charge in [-0.3, -0.25) is 0 Å². The number of hydrogen-bond acceptors (Lipinski definition) is 4. The molecule has 108 valence electrons. The Morgan fingerprint density at radius 2 is 2.05 bits per heavy atom. The van der Waals surface area contributed by atoms with Crippen LogP contribution in [0.4, 0.5) is 0 Å². The molecule has 2 rings (SSSR count). The summed E-state index contributed by atoms with van der Waals surface area (Å²) in [4.78, 5) is 4.51. The van der Waals surface area contributed by atoms with E-state index in [1.807, 2.05) is 26.1 Å². The molecule has 2 aromatic heterocycles. The van der Waals surface area contributed by atoms with Gasteiger partial charge in [0.2, 0.25) is 11.8 Å². The summed E-state index contributed by atoms with van der Waals surface area (Å²) < 4.78 is 7.58. The normalized spacial score (nSPS) is 10.8. The summed E-state index contributed by atoms with van der Waals surface area (Å²) in [6.07, 6.45) is 0.890. The molecule has 0 radical (unpaired) electrons. The number of aryl methyl sites for hydroxylation is 3. The molecule has 2 aromatic rings. The average Bonchev–Trinajstić information content (AvgIpc) is 2.74. The second-order valence-corrected chi connectivity index (χ2v) is 4.79. The molecule has 0 atom stereocenters. The second-order valence-electron chi connectivity index (χ2n) is 4.79. The zero-order chi connectivity index (χ0) is 14.5. The summed E-state index contributed by atoms with van der Waals surface area (Å²) >= 11 is 0. The Balaban J connectivity index is 2.23. The van der Waals surface area contributed by atoms with Gasteiger partial charge in [0, 0.05) is 31.4 Å². The van der Waals surface area contributed by atoms with Crippen molar-refractivity contribution in [2.45, 2.75) is 33.7 Å². The molecule has 0 aliphatic heterocycles. The minimum absolute atomic E-state index is 0.625. The van der Waals surface area contributed by atoms with Crippen molar-refractivity contribution in [3.8, 4) is 11.8 Å². The Kier molecular flexibility index (Phi) is 4.74. The zero-order valence-electron chi connectivity index (χ0n) is 12.6. The smallest absolute Gasteiger partial charge is 0.221 e. The Hall–Kier alpha value is -1.88. The van der Waals surface area contributed by atoms with Crippen molar-refractivity contribution in [2.75, 3.05) is 6.54 Å². The molecule has 0 spiro atoms. The predicted molar refractivity (Wildman–Crippen MR) is 79.0 cm³/mol. The SMILES string of the molecule is CCNCc1cc(CC)nc(Oc2cc(C)nn2C)c1. The van der Waals surface area contributed by atoms with Crippen LogP contribution in [-0.2, 0) is 20.0 Å². The van der Waals surface area contributed by atoms with Crippen molar-refractivity contribution in [1.29, 1.82) is 0 Å². The first kappa shape index (κ1) is 14.5. The van der Waals surface area contributed by atoms with Gasteiger partial charge in [-0.05, 0) is 31.5 Å². The second kappa shape index (κ2) is 6.52. The van der Waals surface area contributed by atoms with Crippen LogP contribution in [0.3, 0.4) is 0 Å². The Morgan fingerprint density at radius 3 is 2.65 bits per heavy atom. The van der Waals surface area contributed by atoms with Crippen molar-refractivity contribution >= 4 is 0 Å². The molecule has 0 aliphatic rings. The van der Waals surface area contributed by atoms with Gasteiger partial charge in [0.1, 0.15) is 0 Å². The van der Waals surface area contributed by atoms with Gasteiger partial charge in [0.05, 0.1) is 5.69 Å². The number of ether oxygens (including phenoxy) is 1. The Labute approximate surface area is 120 Å². The molecule has 0 bridgehead atoms. The molecule has 2 heterocycles. The molecular weight excluding hydrogens is 252 g/mol. The van der Waals surface area contributed by atoms with Gasteiger partial charge < -0.3 is 10.1 Å². The first-order chi connectivity index (χ1) is 9.62. The number of nitrogens with zero attached hydrogens (tertiary/aromatic N) is 3. The lowest BCUT2D eigenvalue weighted by atomic mass is 10.2. The maximum absolute atomic E-state index is 5.85. The maximum atomic E-state index is 5.85. The largest absolute Gasteiger partial charge is 0.421 e. The van der Waals surface area contributed by atoms with Crippen molar-refractivity contribution in [3.05, 3.63) is 35.2 Å². The molecular formula is C15H22N4O. The van der Waals surface area contributed by atoms with Gasteiger partial charge >= 0.3 is 0 Å². The van der Waals surface area contributed by atoms with Crippen LogP contribution in [-0.4, -0.2) is 21.3 Å². The van der Waals surface area contributed by atoms with E-state index in [-0.39, 0.29) is 0 Å². The van der Waals surface area contributed by atoms with E-state index in [2.05, 4.69) is 35.3 Å². The fourth-order valence-electron chi connectivity index (χ4n) is 2.01. The number of hydrogen-bond donors (Lipinski definition) is 1. The summed E-state index contributed by atoms with van der Waals surface area (Å²) in [5.74, 6) is 1.33. The van der Waals surface area contributed by atoms with Crippen LogP contribution in [0.5, 0.6) is 11.8 Å². The average molecular weight is 274 g/mol. The number of rotatable bonds is 6. The Morgan fingerprint density at radius 1 is 1.25 bits per heavy atom. The van der Waals surface area contributed by atoms with Crippen LogP contribution in [0.15, 0.2) is 18.2 Å². The van der Waals surface area contributed by atoms with Crippen molar-refractivity contribution in [3.63, 3.8) is 0 Å². The first-order valence-electron chi connectivity index (χ1n) is 7.01. The molecule has 5 heteroatoms. The van der Waals surface area contributed by atoms with E-state index in [0.29, 0.717) is 11.8 Å². The molecule has 0 unspecified atom stereocenters. The minimum Gasteiger partial charge on any atom is -0.421 e. The van der Waals surface area contributed by atoms with Crippen molar-refractivity contribution in [1.82, 2.24) is 20.1 Å². The monoisotopic (exact) mass is 274 g/mol. The molecule has 0 amide bonds. The van der Waals surface area contributed by atoms with Crippen LogP contribution in [0, 0.1) is 6.92 Å². The number of aromatic nitrogens is 3. The molecule has 0 saturated carbocycles. The summed E-state index contributed by atoms with van der Waals surface area (Å²) in [6, 6.07) is 6.00. The fourth-order valence-corrected chi connectivity index (χ4v) is 2.01. The molecule has 5 nitrogen and oxygen atoms in total. The fraction of sp³-hybridized carbons (Fsp3) is 0.467. The van der Waals surface area contributed by atoms with Gasteiger partial charge in [-0.1, -0.05) is 13.8 Å². The number of pyridine rings is 1. The standard InChI is InChI=1S/C15H22N4O/c1-5-13-8-12(10-16-6-2)9-14(17-13)20-15-7-11(3)18-19(15)4/h7-9,16H,5-6,10H2,1-4H3. The molecule has 20 heavy (non-hydrogen) atoms. The Bertz CT molecular complexity index is 577. The highest BCUT2D eigenvalue weighted by atomic mass is 16.5. The summed E-state index contributed by atoms with van der Waals surface area (Å²) in [6.45, 7) is 7.90. The van der Waals surface area contributed by atoms with Gasteiger partial charge in [-0.25, -0.2) is 9.67 Å². The summed E-state index contributed by atoms with van der Waals surface area (Å²) in [7, 11) is 1.87. The third kappa shape index (κ3) is 3.57. The summed E-state index contributed by atoms with van der Waals surface area (Å²) in [5, 5.41) is 7.59. The molecule has 0 saturated heterocycles. The van der Waals surface area contributed by atoms with Crippen LogP contribution in [0.1, 0.15) is 30.8 Å². The highest BCUT2D eigenvalue weighted by molar-refractivity contribution is 5.28. The molecule has 0 fully saturated rings. The lowest BCUT2D eigenvalue weighted by Crippen LogP contribution is -2.12. The topological polar surface area (TPSA) is 52.0 Å². The maximum Gasteiger partial charge on any atom is 0.221 e. The lowest BCUT2D eigenvalue weighted by molar-refractivity contribution is 0.413. The van der Waals surface area contributed by atoms with E-state index in [4.69, 9.17) is 4.74 Å². The number of nitrogens with one attached hydrogen (secondary N) is 1. The van der Waals surface area contributed by atoms with Gasteiger partial charge in [-0.15, -0.1) is 0 Å². The first-order valence-corrected chi connectivity index (χ1v) is 7.01. The van der Waals surface area contributed by atoms with E-state index in [1.54, 1.807) is 4.68 Å². The van der Waals surface area contributed by atoms with Gasteiger partial charge in [-0.2, -0.15) is 5.10 Å². The van der Waals surface area contributed by atoms with Gasteiger partial charge in [0.25, 0.3) is 0 Å². The minimum atomic E-state index is 0.625. The third-order valence-electron chi connectivity index (χ3n) is 3.02. The quantitative estimate of drug-likeness (QED) is 0.879. The highest BCUT2D eigenvalue weighted by Crippen LogP contribution is 2.21. The van der Waals surface area contributed by atoms with Crippen LogP contribution in [0.25, 0.3) is 0 Å². The molecule has 0 aliphatic carbocycles. The predicted octanol–water partition coefficient (Wildman–Crippen LogP) is 2.59. The zero-order valence-corrected chi connectivity index (χ0v) is 12.6. The van der Waals surface area contributed by atoms with Gasteiger partial charge in [0.15, 0.2) is 0 Å².